The zero-order valence-electron chi connectivity index (χ0n) is 14.8. The van der Waals surface area contributed by atoms with E-state index < -0.39 is 0 Å². The lowest BCUT2D eigenvalue weighted by atomic mass is 9.98. The Bertz CT molecular complexity index is 669. The molecule has 0 aliphatic carbocycles. The van der Waals surface area contributed by atoms with Gasteiger partial charge in [0.2, 0.25) is 0 Å². The van der Waals surface area contributed by atoms with Crippen molar-refractivity contribution in [1.82, 2.24) is 4.98 Å². The standard InChI is InChI=1S/C20H27N3O2/c1-2-25-18-6-3-5-17(13-18)14-22-19-7-4-10-21-20(19)23-11-8-16(15-24)9-12-23/h3-7,10,13,16,22,24H,2,8-9,11-12,14-15H2,1H3. The van der Waals surface area contributed by atoms with Gasteiger partial charge in [0.25, 0.3) is 0 Å². The van der Waals surface area contributed by atoms with Crippen LogP contribution in [0.2, 0.25) is 0 Å². The Balaban J connectivity index is 1.66. The molecule has 2 aromatic rings. The minimum absolute atomic E-state index is 0.289. The van der Waals surface area contributed by atoms with Gasteiger partial charge in [-0.05, 0) is 55.5 Å². The molecule has 0 unspecified atom stereocenters. The number of rotatable bonds is 7. The molecule has 5 nitrogen and oxygen atoms in total. The van der Waals surface area contributed by atoms with E-state index in [0.717, 1.165) is 49.7 Å². The van der Waals surface area contributed by atoms with Crippen molar-refractivity contribution in [2.24, 2.45) is 5.92 Å². The third-order valence-corrected chi connectivity index (χ3v) is 4.65. The number of nitrogens with one attached hydrogen (secondary N) is 1. The molecule has 1 saturated heterocycles. The highest BCUT2D eigenvalue weighted by molar-refractivity contribution is 5.65. The van der Waals surface area contributed by atoms with Crippen LogP contribution in [0.4, 0.5) is 11.5 Å². The van der Waals surface area contributed by atoms with Gasteiger partial charge in [0.05, 0.1) is 12.3 Å². The second-order valence-electron chi connectivity index (χ2n) is 6.42. The summed E-state index contributed by atoms with van der Waals surface area (Å²) in [5.74, 6) is 2.33. The van der Waals surface area contributed by atoms with E-state index in [2.05, 4.69) is 33.4 Å². The van der Waals surface area contributed by atoms with Crippen LogP contribution < -0.4 is 15.0 Å². The lowest BCUT2D eigenvalue weighted by molar-refractivity contribution is 0.203. The average molecular weight is 341 g/mol. The maximum Gasteiger partial charge on any atom is 0.151 e. The van der Waals surface area contributed by atoms with Gasteiger partial charge in [0.1, 0.15) is 5.75 Å². The summed E-state index contributed by atoms with van der Waals surface area (Å²) in [6.07, 6.45) is 3.88. The smallest absolute Gasteiger partial charge is 0.151 e. The van der Waals surface area contributed by atoms with Gasteiger partial charge in [-0.15, -0.1) is 0 Å². The Morgan fingerprint density at radius 3 is 2.84 bits per heavy atom. The number of benzene rings is 1. The fourth-order valence-corrected chi connectivity index (χ4v) is 3.22. The van der Waals surface area contributed by atoms with Crippen LogP contribution in [0.25, 0.3) is 0 Å². The molecule has 25 heavy (non-hydrogen) atoms. The number of anilines is 2. The van der Waals surface area contributed by atoms with Crippen molar-refractivity contribution in [3.63, 3.8) is 0 Å². The van der Waals surface area contributed by atoms with Crippen LogP contribution in [0.15, 0.2) is 42.6 Å². The second-order valence-corrected chi connectivity index (χ2v) is 6.42. The Morgan fingerprint density at radius 1 is 1.24 bits per heavy atom. The average Bonchev–Trinajstić information content (AvgIpc) is 2.67. The Labute approximate surface area is 149 Å². The fourth-order valence-electron chi connectivity index (χ4n) is 3.22. The summed E-state index contributed by atoms with van der Waals surface area (Å²) in [6.45, 7) is 5.57. The molecule has 1 aliphatic rings. The Morgan fingerprint density at radius 2 is 2.08 bits per heavy atom. The lowest BCUT2D eigenvalue weighted by Crippen LogP contribution is -2.35. The largest absolute Gasteiger partial charge is 0.494 e. The van der Waals surface area contributed by atoms with E-state index in [0.29, 0.717) is 12.5 Å². The monoisotopic (exact) mass is 341 g/mol. The second kappa shape index (κ2) is 8.72. The highest BCUT2D eigenvalue weighted by Crippen LogP contribution is 2.28. The first-order valence-electron chi connectivity index (χ1n) is 9.06. The number of hydrogen-bond donors (Lipinski definition) is 2. The Kier molecular flexibility index (Phi) is 6.12. The highest BCUT2D eigenvalue weighted by Gasteiger charge is 2.21. The van der Waals surface area contributed by atoms with E-state index in [-0.39, 0.29) is 6.61 Å². The summed E-state index contributed by atoms with van der Waals surface area (Å²) in [7, 11) is 0. The number of nitrogens with zero attached hydrogens (tertiary/aromatic N) is 2. The topological polar surface area (TPSA) is 57.6 Å². The predicted molar refractivity (Wildman–Crippen MR) is 101 cm³/mol. The van der Waals surface area contributed by atoms with E-state index in [9.17, 15) is 5.11 Å². The SMILES string of the molecule is CCOc1cccc(CNc2cccnc2N2CCC(CO)CC2)c1. The van der Waals surface area contributed by atoms with Gasteiger partial charge in [-0.3, -0.25) is 0 Å². The third-order valence-electron chi connectivity index (χ3n) is 4.65. The molecule has 0 atom stereocenters. The van der Waals surface area contributed by atoms with E-state index in [1.165, 1.54) is 5.56 Å². The van der Waals surface area contributed by atoms with Crippen molar-refractivity contribution in [2.75, 3.05) is 36.5 Å². The number of aromatic nitrogens is 1. The van der Waals surface area contributed by atoms with Crippen LogP contribution >= 0.6 is 0 Å². The van der Waals surface area contributed by atoms with E-state index >= 15 is 0 Å². The number of hydrogen-bond acceptors (Lipinski definition) is 5. The summed E-state index contributed by atoms with van der Waals surface area (Å²) in [4.78, 5) is 6.90. The summed E-state index contributed by atoms with van der Waals surface area (Å²) < 4.78 is 5.57. The van der Waals surface area contributed by atoms with Gasteiger partial charge in [-0.2, -0.15) is 0 Å². The molecule has 0 radical (unpaired) electrons. The van der Waals surface area contributed by atoms with Crippen molar-refractivity contribution in [2.45, 2.75) is 26.3 Å². The predicted octanol–water partition coefficient (Wildman–Crippen LogP) is 3.30. The molecule has 134 valence electrons. The van der Waals surface area contributed by atoms with Crippen LogP contribution in [0.5, 0.6) is 5.75 Å². The van der Waals surface area contributed by atoms with Gasteiger partial charge >= 0.3 is 0 Å². The molecule has 1 aromatic heterocycles. The van der Waals surface area contributed by atoms with Crippen LogP contribution in [-0.4, -0.2) is 36.4 Å². The first kappa shape index (κ1) is 17.5. The van der Waals surface area contributed by atoms with E-state index in [1.54, 1.807) is 0 Å². The molecule has 0 amide bonds. The first-order valence-corrected chi connectivity index (χ1v) is 9.06. The van der Waals surface area contributed by atoms with Gasteiger partial charge in [0, 0.05) is 32.4 Å². The molecule has 5 heteroatoms. The summed E-state index contributed by atoms with van der Waals surface area (Å²) in [5.41, 5.74) is 2.23. The zero-order chi connectivity index (χ0) is 17.5. The highest BCUT2D eigenvalue weighted by atomic mass is 16.5. The third kappa shape index (κ3) is 4.63. The molecule has 2 heterocycles. The van der Waals surface area contributed by atoms with Gasteiger partial charge in [-0.1, -0.05) is 12.1 Å². The van der Waals surface area contributed by atoms with Crippen LogP contribution in [0, 0.1) is 5.92 Å². The van der Waals surface area contributed by atoms with Crippen LogP contribution in [-0.2, 0) is 6.54 Å². The van der Waals surface area contributed by atoms with Gasteiger partial charge in [-0.25, -0.2) is 4.98 Å². The summed E-state index contributed by atoms with van der Waals surface area (Å²) in [5, 5.41) is 12.8. The van der Waals surface area contributed by atoms with Crippen molar-refractivity contribution >= 4 is 11.5 Å². The van der Waals surface area contributed by atoms with Crippen molar-refractivity contribution in [3.05, 3.63) is 48.2 Å². The molecule has 0 spiro atoms. The molecule has 1 fully saturated rings. The molecule has 0 saturated carbocycles. The molecular formula is C20H27N3O2. The summed E-state index contributed by atoms with van der Waals surface area (Å²) >= 11 is 0. The van der Waals surface area contributed by atoms with Gasteiger partial charge in [0.15, 0.2) is 5.82 Å². The quantitative estimate of drug-likeness (QED) is 0.809. The normalized spacial score (nSPS) is 15.2. The van der Waals surface area contributed by atoms with Crippen LogP contribution in [0.1, 0.15) is 25.3 Å². The molecular weight excluding hydrogens is 314 g/mol. The lowest BCUT2D eigenvalue weighted by Gasteiger charge is -2.33. The fraction of sp³-hybridized carbons (Fsp3) is 0.450. The molecule has 1 aliphatic heterocycles. The molecule has 0 bridgehead atoms. The van der Waals surface area contributed by atoms with Crippen molar-refractivity contribution in [1.29, 1.82) is 0 Å². The minimum Gasteiger partial charge on any atom is -0.494 e. The minimum atomic E-state index is 0.289. The maximum absolute atomic E-state index is 9.32. The molecule has 1 aromatic carbocycles. The number of aliphatic hydroxyl groups excluding tert-OH is 1. The maximum atomic E-state index is 9.32. The van der Waals surface area contributed by atoms with E-state index in [4.69, 9.17) is 4.74 Å². The van der Waals surface area contributed by atoms with E-state index in [1.807, 2.05) is 31.3 Å². The number of ether oxygens (including phenoxy) is 1. The summed E-state index contributed by atoms with van der Waals surface area (Å²) in [6, 6.07) is 12.2. The van der Waals surface area contributed by atoms with Crippen LogP contribution in [0.3, 0.4) is 0 Å². The number of piperidine rings is 1. The molecule has 2 N–H and O–H groups in total. The first-order chi connectivity index (χ1) is 12.3. The van der Waals surface area contributed by atoms with Crippen molar-refractivity contribution < 1.29 is 9.84 Å². The molecule has 3 rings (SSSR count). The van der Waals surface area contributed by atoms with Crippen molar-refractivity contribution in [3.8, 4) is 5.75 Å². The zero-order valence-corrected chi connectivity index (χ0v) is 14.8. The number of aliphatic hydroxyl groups is 1. The van der Waals surface area contributed by atoms with Gasteiger partial charge < -0.3 is 20.1 Å². The number of pyridine rings is 1. The Hall–Kier alpha value is -2.27.